The van der Waals surface area contributed by atoms with Crippen molar-refractivity contribution in [2.75, 3.05) is 18.4 Å². The van der Waals surface area contributed by atoms with Gasteiger partial charge in [-0.3, -0.25) is 14.3 Å². The van der Waals surface area contributed by atoms with Gasteiger partial charge in [-0.2, -0.15) is 5.10 Å². The third kappa shape index (κ3) is 6.24. The van der Waals surface area contributed by atoms with E-state index in [0.29, 0.717) is 19.6 Å². The Morgan fingerprint density at radius 2 is 1.89 bits per heavy atom. The van der Waals surface area contributed by atoms with Gasteiger partial charge in [0.1, 0.15) is 0 Å². The van der Waals surface area contributed by atoms with Gasteiger partial charge >= 0.3 is 0 Å². The van der Waals surface area contributed by atoms with Crippen molar-refractivity contribution in [3.8, 4) is 0 Å². The quantitative estimate of drug-likeness (QED) is 0.774. The zero-order valence-corrected chi connectivity index (χ0v) is 16.7. The summed E-state index contributed by atoms with van der Waals surface area (Å²) in [4.78, 5) is 26.6. The number of nitrogens with zero attached hydrogens (tertiary/aromatic N) is 3. The minimum Gasteiger partial charge on any atom is -0.341 e. The molecule has 0 aliphatic carbocycles. The lowest BCUT2D eigenvalue weighted by Crippen LogP contribution is -2.34. The van der Waals surface area contributed by atoms with Crippen molar-refractivity contribution in [1.29, 1.82) is 0 Å². The molecule has 0 saturated carbocycles. The minimum absolute atomic E-state index is 0.0103. The van der Waals surface area contributed by atoms with E-state index in [0.717, 1.165) is 11.3 Å². The van der Waals surface area contributed by atoms with E-state index in [2.05, 4.69) is 31.2 Å². The van der Waals surface area contributed by atoms with Crippen LogP contribution in [-0.4, -0.2) is 39.6 Å². The third-order valence-electron chi connectivity index (χ3n) is 4.47. The predicted octanol–water partition coefficient (Wildman–Crippen LogP) is 3.45. The van der Waals surface area contributed by atoms with Crippen LogP contribution >= 0.6 is 0 Å². The highest BCUT2D eigenvalue weighted by Gasteiger charge is 2.19. The summed E-state index contributed by atoms with van der Waals surface area (Å²) in [6.07, 6.45) is 3.97. The number of benzene rings is 1. The number of hydrogen-bond acceptors (Lipinski definition) is 3. The fourth-order valence-corrected chi connectivity index (χ4v) is 2.95. The number of rotatable bonds is 8. The standard InChI is InChI=1S/C21H30N4O2/c1-5-24(15-16-25-14-8-13-22-25)20(27)12-11-19(26)23-18-10-7-6-9-17(18)21(2,3)4/h6-10,13-14H,5,11-12,15-16H2,1-4H3,(H,23,26). The largest absolute Gasteiger partial charge is 0.341 e. The first-order chi connectivity index (χ1) is 12.8. The van der Waals surface area contributed by atoms with Crippen molar-refractivity contribution in [2.24, 2.45) is 0 Å². The van der Waals surface area contributed by atoms with E-state index in [1.165, 1.54) is 0 Å². The molecule has 0 bridgehead atoms. The van der Waals surface area contributed by atoms with Crippen LogP contribution in [0.4, 0.5) is 5.69 Å². The number of amides is 2. The summed E-state index contributed by atoms with van der Waals surface area (Å²) in [5.74, 6) is -0.146. The molecule has 1 aromatic heterocycles. The van der Waals surface area contributed by atoms with Crippen molar-refractivity contribution in [3.63, 3.8) is 0 Å². The zero-order valence-electron chi connectivity index (χ0n) is 16.7. The van der Waals surface area contributed by atoms with Crippen LogP contribution in [0.3, 0.4) is 0 Å². The third-order valence-corrected chi connectivity index (χ3v) is 4.47. The molecule has 1 N–H and O–H groups in total. The lowest BCUT2D eigenvalue weighted by atomic mass is 9.86. The SMILES string of the molecule is CCN(CCn1cccn1)C(=O)CCC(=O)Nc1ccccc1C(C)(C)C. The van der Waals surface area contributed by atoms with Gasteiger partial charge < -0.3 is 10.2 Å². The molecular formula is C21H30N4O2. The molecule has 2 amide bonds. The Balaban J connectivity index is 1.86. The van der Waals surface area contributed by atoms with Crippen LogP contribution in [0.15, 0.2) is 42.7 Å². The van der Waals surface area contributed by atoms with Crippen molar-refractivity contribution in [1.82, 2.24) is 14.7 Å². The van der Waals surface area contributed by atoms with E-state index in [1.54, 1.807) is 15.8 Å². The summed E-state index contributed by atoms with van der Waals surface area (Å²) in [5.41, 5.74) is 1.83. The van der Waals surface area contributed by atoms with Crippen LogP contribution in [0.5, 0.6) is 0 Å². The van der Waals surface area contributed by atoms with Crippen molar-refractivity contribution < 1.29 is 9.59 Å². The molecule has 6 heteroatoms. The number of nitrogens with one attached hydrogen (secondary N) is 1. The Hall–Kier alpha value is -2.63. The average molecular weight is 370 g/mol. The second-order valence-corrected chi connectivity index (χ2v) is 7.59. The highest BCUT2D eigenvalue weighted by atomic mass is 16.2. The molecule has 0 aliphatic heterocycles. The van der Waals surface area contributed by atoms with Crippen molar-refractivity contribution in [2.45, 2.75) is 52.5 Å². The summed E-state index contributed by atoms with van der Waals surface area (Å²) < 4.78 is 1.80. The predicted molar refractivity (Wildman–Crippen MR) is 107 cm³/mol. The maximum absolute atomic E-state index is 12.4. The number of carbonyl (C=O) groups excluding carboxylic acids is 2. The minimum atomic E-state index is -0.136. The first-order valence-corrected chi connectivity index (χ1v) is 9.46. The van der Waals surface area contributed by atoms with Crippen molar-refractivity contribution >= 4 is 17.5 Å². The van der Waals surface area contributed by atoms with Gasteiger partial charge in [0.15, 0.2) is 0 Å². The van der Waals surface area contributed by atoms with E-state index in [1.807, 2.05) is 43.5 Å². The maximum Gasteiger partial charge on any atom is 0.224 e. The lowest BCUT2D eigenvalue weighted by Gasteiger charge is -2.23. The normalized spacial score (nSPS) is 11.3. The second-order valence-electron chi connectivity index (χ2n) is 7.59. The zero-order chi connectivity index (χ0) is 19.9. The van der Waals surface area contributed by atoms with Gasteiger partial charge in [-0.1, -0.05) is 39.0 Å². The van der Waals surface area contributed by atoms with Gasteiger partial charge in [0.05, 0.1) is 6.54 Å². The molecule has 1 heterocycles. The molecule has 0 radical (unpaired) electrons. The van der Waals surface area contributed by atoms with Crippen LogP contribution in [-0.2, 0) is 21.5 Å². The first kappa shape index (κ1) is 20.7. The highest BCUT2D eigenvalue weighted by Crippen LogP contribution is 2.29. The molecular weight excluding hydrogens is 340 g/mol. The second kappa shape index (κ2) is 9.35. The molecule has 0 aliphatic rings. The summed E-state index contributed by atoms with van der Waals surface area (Å²) in [5, 5.41) is 7.11. The van der Waals surface area contributed by atoms with E-state index >= 15 is 0 Å². The van der Waals surface area contributed by atoms with Gasteiger partial charge in [-0.05, 0) is 30.0 Å². The molecule has 0 atom stereocenters. The summed E-state index contributed by atoms with van der Waals surface area (Å²) >= 11 is 0. The smallest absolute Gasteiger partial charge is 0.224 e. The Morgan fingerprint density at radius 1 is 1.15 bits per heavy atom. The molecule has 146 valence electrons. The summed E-state index contributed by atoms with van der Waals surface area (Å²) in [7, 11) is 0. The average Bonchev–Trinajstić information content (AvgIpc) is 3.13. The van der Waals surface area contributed by atoms with Gasteiger partial charge in [-0.15, -0.1) is 0 Å². The van der Waals surface area contributed by atoms with E-state index in [9.17, 15) is 9.59 Å². The van der Waals surface area contributed by atoms with Crippen molar-refractivity contribution in [3.05, 3.63) is 48.3 Å². The highest BCUT2D eigenvalue weighted by molar-refractivity contribution is 5.94. The molecule has 0 saturated heterocycles. The van der Waals surface area contributed by atoms with Gasteiger partial charge in [0.2, 0.25) is 11.8 Å². The number of hydrogen-bond donors (Lipinski definition) is 1. The number of para-hydroxylation sites is 1. The molecule has 2 rings (SSSR count). The Morgan fingerprint density at radius 3 is 2.52 bits per heavy atom. The van der Waals surface area contributed by atoms with Crippen LogP contribution in [0, 0.1) is 0 Å². The summed E-state index contributed by atoms with van der Waals surface area (Å²) in [6, 6.07) is 9.66. The lowest BCUT2D eigenvalue weighted by molar-refractivity contribution is -0.132. The number of anilines is 1. The van der Waals surface area contributed by atoms with E-state index < -0.39 is 0 Å². The monoisotopic (exact) mass is 370 g/mol. The fraction of sp³-hybridized carbons (Fsp3) is 0.476. The van der Waals surface area contributed by atoms with Gasteiger partial charge in [-0.25, -0.2) is 0 Å². The molecule has 1 aromatic carbocycles. The number of likely N-dealkylation sites (N-methyl/N-ethyl adjacent to an activating group) is 1. The van der Waals surface area contributed by atoms with Gasteiger partial charge in [0, 0.05) is 44.0 Å². The fourth-order valence-electron chi connectivity index (χ4n) is 2.95. The van der Waals surface area contributed by atoms with Crippen LogP contribution in [0.2, 0.25) is 0 Å². The Bertz CT molecular complexity index is 748. The van der Waals surface area contributed by atoms with Crippen LogP contribution < -0.4 is 5.32 Å². The van der Waals surface area contributed by atoms with Crippen LogP contribution in [0.1, 0.15) is 46.1 Å². The number of aromatic nitrogens is 2. The van der Waals surface area contributed by atoms with E-state index in [-0.39, 0.29) is 30.1 Å². The Kier molecular flexibility index (Phi) is 7.16. The first-order valence-electron chi connectivity index (χ1n) is 9.46. The molecule has 6 nitrogen and oxygen atoms in total. The maximum atomic E-state index is 12.4. The Labute approximate surface area is 161 Å². The molecule has 0 spiro atoms. The molecule has 2 aromatic rings. The molecule has 27 heavy (non-hydrogen) atoms. The van der Waals surface area contributed by atoms with Crippen LogP contribution in [0.25, 0.3) is 0 Å². The van der Waals surface area contributed by atoms with E-state index in [4.69, 9.17) is 0 Å². The summed E-state index contributed by atoms with van der Waals surface area (Å²) in [6.45, 7) is 10.1. The number of carbonyl (C=O) groups is 2. The topological polar surface area (TPSA) is 67.2 Å². The molecule has 0 fully saturated rings. The van der Waals surface area contributed by atoms with Gasteiger partial charge in [0.25, 0.3) is 0 Å². The molecule has 0 unspecified atom stereocenters.